The summed E-state index contributed by atoms with van der Waals surface area (Å²) in [5.74, 6) is 1.66. The van der Waals surface area contributed by atoms with Gasteiger partial charge in [-0.25, -0.2) is 0 Å². The van der Waals surface area contributed by atoms with E-state index in [1.54, 1.807) is 6.92 Å². The van der Waals surface area contributed by atoms with Crippen molar-refractivity contribution >= 4 is 0 Å². The van der Waals surface area contributed by atoms with E-state index < -0.39 is 6.10 Å². The van der Waals surface area contributed by atoms with Crippen molar-refractivity contribution in [1.82, 2.24) is 0 Å². The molecule has 2 unspecified atom stereocenters. The van der Waals surface area contributed by atoms with E-state index in [9.17, 15) is 5.11 Å². The van der Waals surface area contributed by atoms with Crippen LogP contribution >= 0.6 is 0 Å². The van der Waals surface area contributed by atoms with Crippen molar-refractivity contribution in [3.63, 3.8) is 0 Å². The van der Waals surface area contributed by atoms with Crippen LogP contribution in [0.5, 0.6) is 11.5 Å². The Morgan fingerprint density at radius 1 is 0.871 bits per heavy atom. The molecule has 160 valence electrons. The molecular weight excluding hydrogens is 388 g/mol. The Labute approximate surface area is 183 Å². The summed E-state index contributed by atoms with van der Waals surface area (Å²) in [7, 11) is 0. The van der Waals surface area contributed by atoms with Crippen LogP contribution in [0.25, 0.3) is 0 Å². The normalized spacial score (nSPS) is 19.5. The average Bonchev–Trinajstić information content (AvgIpc) is 3.54. The first-order valence-electron chi connectivity index (χ1n) is 11.0. The third-order valence-corrected chi connectivity index (χ3v) is 6.25. The summed E-state index contributed by atoms with van der Waals surface area (Å²) in [6.45, 7) is 3.44. The van der Waals surface area contributed by atoms with Crippen LogP contribution in [0.15, 0.2) is 72.8 Å². The molecule has 5 rings (SSSR count). The van der Waals surface area contributed by atoms with Gasteiger partial charge in [-0.05, 0) is 66.3 Å². The fraction of sp³-hybridized carbons (Fsp3) is 0.333. The number of hydrogen-bond donors (Lipinski definition) is 1. The topological polar surface area (TPSA) is 51.2 Å². The van der Waals surface area contributed by atoms with Gasteiger partial charge in [-0.1, -0.05) is 48.5 Å². The van der Waals surface area contributed by atoms with Crippen LogP contribution in [0.2, 0.25) is 0 Å². The third-order valence-electron chi connectivity index (χ3n) is 6.25. The van der Waals surface area contributed by atoms with E-state index in [-0.39, 0.29) is 11.5 Å². The van der Waals surface area contributed by atoms with Gasteiger partial charge in [-0.2, -0.15) is 0 Å². The highest BCUT2D eigenvalue weighted by atomic mass is 16.6. The van der Waals surface area contributed by atoms with Gasteiger partial charge in [0.2, 0.25) is 0 Å². The maximum absolute atomic E-state index is 9.48. The van der Waals surface area contributed by atoms with Gasteiger partial charge in [0.1, 0.15) is 30.8 Å². The number of aliphatic hydroxyl groups excluding tert-OH is 1. The molecule has 31 heavy (non-hydrogen) atoms. The summed E-state index contributed by atoms with van der Waals surface area (Å²) in [6, 6.07) is 25.6. The van der Waals surface area contributed by atoms with E-state index >= 15 is 0 Å². The molecule has 1 N–H and O–H groups in total. The second-order valence-corrected chi connectivity index (χ2v) is 8.68. The zero-order valence-corrected chi connectivity index (χ0v) is 17.8. The third kappa shape index (κ3) is 4.32. The lowest BCUT2D eigenvalue weighted by molar-refractivity contribution is 0.122. The number of benzene rings is 3. The van der Waals surface area contributed by atoms with E-state index in [0.29, 0.717) is 13.2 Å². The van der Waals surface area contributed by atoms with Crippen LogP contribution in [0.4, 0.5) is 0 Å². The fourth-order valence-electron chi connectivity index (χ4n) is 4.50. The molecule has 0 amide bonds. The molecule has 1 aliphatic heterocycles. The largest absolute Gasteiger partial charge is 0.491 e. The second-order valence-electron chi connectivity index (χ2n) is 8.68. The maximum atomic E-state index is 9.48. The van der Waals surface area contributed by atoms with Gasteiger partial charge >= 0.3 is 0 Å². The second kappa shape index (κ2) is 8.37. The minimum atomic E-state index is -0.484. The Balaban J connectivity index is 1.44. The van der Waals surface area contributed by atoms with Crippen LogP contribution in [0.1, 0.15) is 29.2 Å². The first kappa shape index (κ1) is 20.1. The zero-order valence-electron chi connectivity index (χ0n) is 17.8. The van der Waals surface area contributed by atoms with Crippen LogP contribution in [0, 0.1) is 0 Å². The summed E-state index contributed by atoms with van der Waals surface area (Å²) in [5, 5.41) is 9.48. The van der Waals surface area contributed by atoms with Crippen molar-refractivity contribution < 1.29 is 19.3 Å². The van der Waals surface area contributed by atoms with E-state index in [4.69, 9.17) is 14.2 Å². The predicted octanol–water partition coefficient (Wildman–Crippen LogP) is 4.31. The highest BCUT2D eigenvalue weighted by Crippen LogP contribution is 2.45. The van der Waals surface area contributed by atoms with Crippen LogP contribution in [0.3, 0.4) is 0 Å². The van der Waals surface area contributed by atoms with Gasteiger partial charge < -0.3 is 19.3 Å². The Morgan fingerprint density at radius 2 is 1.39 bits per heavy atom. The molecule has 1 heterocycles. The van der Waals surface area contributed by atoms with Crippen molar-refractivity contribution in [2.45, 2.75) is 37.4 Å². The van der Waals surface area contributed by atoms with Gasteiger partial charge in [-0.3, -0.25) is 0 Å². The Morgan fingerprint density at radius 3 is 1.87 bits per heavy atom. The first-order chi connectivity index (χ1) is 15.1. The van der Waals surface area contributed by atoms with Crippen molar-refractivity contribution in [2.24, 2.45) is 0 Å². The zero-order chi connectivity index (χ0) is 21.3. The quantitative estimate of drug-likeness (QED) is 0.556. The maximum Gasteiger partial charge on any atom is 0.119 e. The summed E-state index contributed by atoms with van der Waals surface area (Å²) < 4.78 is 16.8. The molecule has 0 spiro atoms. The lowest BCUT2D eigenvalue weighted by Gasteiger charge is -2.31. The summed E-state index contributed by atoms with van der Waals surface area (Å²) in [4.78, 5) is 0. The SMILES string of the molecule is CC(O)COc1ccc(C2(c3ccc(OCC4CO4)cc3)Cc3ccccc3C2)cc1. The first-order valence-corrected chi connectivity index (χ1v) is 11.0. The summed E-state index contributed by atoms with van der Waals surface area (Å²) in [5.41, 5.74) is 5.25. The molecule has 1 fully saturated rings. The molecule has 0 aromatic heterocycles. The van der Waals surface area contributed by atoms with E-state index in [0.717, 1.165) is 30.9 Å². The van der Waals surface area contributed by atoms with Gasteiger partial charge in [0, 0.05) is 5.41 Å². The summed E-state index contributed by atoms with van der Waals surface area (Å²) >= 11 is 0. The summed E-state index contributed by atoms with van der Waals surface area (Å²) in [6.07, 6.45) is 1.70. The lowest BCUT2D eigenvalue weighted by atomic mass is 9.72. The molecule has 2 aliphatic rings. The molecular formula is C27H28O4. The molecule has 3 aromatic carbocycles. The molecule has 0 radical (unpaired) electrons. The van der Waals surface area contributed by atoms with Crippen LogP contribution in [-0.4, -0.2) is 37.1 Å². The Kier molecular flexibility index (Phi) is 5.43. The number of rotatable bonds is 8. The minimum absolute atomic E-state index is 0.120. The minimum Gasteiger partial charge on any atom is -0.491 e. The van der Waals surface area contributed by atoms with Crippen LogP contribution < -0.4 is 9.47 Å². The van der Waals surface area contributed by atoms with Gasteiger partial charge in [0.25, 0.3) is 0 Å². The molecule has 3 aromatic rings. The molecule has 2 atom stereocenters. The standard InChI is InChI=1S/C27H28O4/c1-19(28)16-29-24-10-6-22(7-11-24)27(14-20-4-2-3-5-21(20)15-27)23-8-12-25(13-9-23)30-17-26-18-31-26/h2-13,19,26,28H,14-18H2,1H3. The molecule has 1 aliphatic carbocycles. The monoisotopic (exact) mass is 416 g/mol. The van der Waals surface area contributed by atoms with Crippen molar-refractivity contribution in [3.05, 3.63) is 95.1 Å². The van der Waals surface area contributed by atoms with E-state index in [2.05, 4.69) is 60.7 Å². The highest BCUT2D eigenvalue weighted by molar-refractivity contribution is 5.51. The molecule has 1 saturated heterocycles. The molecule has 0 bridgehead atoms. The highest BCUT2D eigenvalue weighted by Gasteiger charge is 2.40. The molecule has 4 nitrogen and oxygen atoms in total. The van der Waals surface area contributed by atoms with E-state index in [1.165, 1.54) is 22.3 Å². The lowest BCUT2D eigenvalue weighted by Crippen LogP contribution is -2.28. The predicted molar refractivity (Wildman–Crippen MR) is 120 cm³/mol. The molecule has 0 saturated carbocycles. The number of hydrogen-bond acceptors (Lipinski definition) is 4. The Bertz CT molecular complexity index is 943. The van der Waals surface area contributed by atoms with E-state index in [1.807, 2.05) is 12.1 Å². The number of ether oxygens (including phenoxy) is 3. The fourth-order valence-corrected chi connectivity index (χ4v) is 4.50. The average molecular weight is 417 g/mol. The van der Waals surface area contributed by atoms with Gasteiger partial charge in [0.05, 0.1) is 12.7 Å². The smallest absolute Gasteiger partial charge is 0.119 e. The van der Waals surface area contributed by atoms with Crippen LogP contribution in [-0.2, 0) is 23.0 Å². The van der Waals surface area contributed by atoms with Gasteiger partial charge in [0.15, 0.2) is 0 Å². The molecule has 4 heteroatoms. The van der Waals surface area contributed by atoms with Crippen molar-refractivity contribution in [2.75, 3.05) is 19.8 Å². The van der Waals surface area contributed by atoms with Gasteiger partial charge in [-0.15, -0.1) is 0 Å². The Hall–Kier alpha value is -2.82. The number of epoxide rings is 1. The van der Waals surface area contributed by atoms with Crippen molar-refractivity contribution in [3.8, 4) is 11.5 Å². The van der Waals surface area contributed by atoms with Crippen molar-refractivity contribution in [1.29, 1.82) is 0 Å². The number of aliphatic hydroxyl groups is 1. The number of fused-ring (bicyclic) bond motifs is 1.